The number of rotatable bonds is 9. The highest BCUT2D eigenvalue weighted by Crippen LogP contribution is 2.32. The van der Waals surface area contributed by atoms with Crippen LogP contribution in [0.1, 0.15) is 67.1 Å². The van der Waals surface area contributed by atoms with E-state index in [1.165, 1.54) is 30.5 Å². The molecule has 1 aliphatic heterocycles. The molecule has 1 unspecified atom stereocenters. The molecule has 4 rings (SSSR count). The Hall–Kier alpha value is -2.48. The zero-order chi connectivity index (χ0) is 24.8. The van der Waals surface area contributed by atoms with Crippen LogP contribution in [0.3, 0.4) is 0 Å². The summed E-state index contributed by atoms with van der Waals surface area (Å²) in [7, 11) is 6.39. The molecule has 190 valence electrons. The first-order chi connectivity index (χ1) is 17.0. The average Bonchev–Trinajstić information content (AvgIpc) is 3.04. The Balaban J connectivity index is 1.64. The van der Waals surface area contributed by atoms with Gasteiger partial charge in [-0.15, -0.1) is 0 Å². The van der Waals surface area contributed by atoms with Crippen LogP contribution in [-0.4, -0.2) is 75.1 Å². The van der Waals surface area contributed by atoms with Crippen LogP contribution in [0.2, 0.25) is 0 Å². The molecule has 7 heteroatoms. The molecule has 0 spiro atoms. The normalized spacial score (nSPS) is 18.0. The van der Waals surface area contributed by atoms with Crippen molar-refractivity contribution >= 4 is 5.82 Å². The van der Waals surface area contributed by atoms with E-state index in [0.29, 0.717) is 6.54 Å². The summed E-state index contributed by atoms with van der Waals surface area (Å²) in [5.74, 6) is 2.10. The SMILES string of the molecule is CCN(CCN(C)C)C1=CC=CCc2nc(CN(C)C3CCCCCc4cccnc43)c(CO)n21. The number of fused-ring (bicyclic) bond motifs is 2. The predicted molar refractivity (Wildman–Crippen MR) is 142 cm³/mol. The third kappa shape index (κ3) is 5.85. The van der Waals surface area contributed by atoms with Gasteiger partial charge in [-0.25, -0.2) is 4.98 Å². The van der Waals surface area contributed by atoms with E-state index in [1.54, 1.807) is 0 Å². The number of aliphatic hydroxyl groups excluding tert-OH is 1. The summed E-state index contributed by atoms with van der Waals surface area (Å²) in [6.07, 6.45) is 15.1. The van der Waals surface area contributed by atoms with Crippen LogP contribution in [0.15, 0.2) is 36.6 Å². The van der Waals surface area contributed by atoms with Crippen molar-refractivity contribution in [2.24, 2.45) is 0 Å². The largest absolute Gasteiger partial charge is 0.390 e. The van der Waals surface area contributed by atoms with Crippen LogP contribution in [-0.2, 0) is 26.0 Å². The van der Waals surface area contributed by atoms with Crippen molar-refractivity contribution in [3.8, 4) is 0 Å². The van der Waals surface area contributed by atoms with E-state index in [2.05, 4.69) is 77.7 Å². The van der Waals surface area contributed by atoms with Crippen molar-refractivity contribution in [3.63, 3.8) is 0 Å². The van der Waals surface area contributed by atoms with Crippen molar-refractivity contribution in [2.75, 3.05) is 40.8 Å². The molecule has 0 saturated heterocycles. The molecule has 35 heavy (non-hydrogen) atoms. The molecular weight excluding hydrogens is 436 g/mol. The summed E-state index contributed by atoms with van der Waals surface area (Å²) in [5.41, 5.74) is 4.46. The Labute approximate surface area is 210 Å². The summed E-state index contributed by atoms with van der Waals surface area (Å²) in [6.45, 7) is 5.64. The fraction of sp³-hybridized carbons (Fsp3) is 0.571. The number of aliphatic hydroxyl groups is 1. The van der Waals surface area contributed by atoms with Gasteiger partial charge in [0.05, 0.1) is 29.7 Å². The van der Waals surface area contributed by atoms with Crippen molar-refractivity contribution in [1.29, 1.82) is 0 Å². The average molecular weight is 479 g/mol. The maximum Gasteiger partial charge on any atom is 0.118 e. The summed E-state index contributed by atoms with van der Waals surface area (Å²) < 4.78 is 2.20. The van der Waals surface area contributed by atoms with Crippen LogP contribution < -0.4 is 0 Å². The molecule has 1 N–H and O–H groups in total. The van der Waals surface area contributed by atoms with Gasteiger partial charge in [0.1, 0.15) is 11.6 Å². The summed E-state index contributed by atoms with van der Waals surface area (Å²) in [6, 6.07) is 4.56. The predicted octanol–water partition coefficient (Wildman–Crippen LogP) is 3.85. The van der Waals surface area contributed by atoms with E-state index in [9.17, 15) is 5.11 Å². The number of likely N-dealkylation sites (N-methyl/N-ethyl adjacent to an activating group) is 2. The molecule has 7 nitrogen and oxygen atoms in total. The van der Waals surface area contributed by atoms with E-state index in [1.807, 2.05) is 6.20 Å². The van der Waals surface area contributed by atoms with Gasteiger partial charge in [0, 0.05) is 38.8 Å². The number of aromatic nitrogens is 3. The molecule has 1 aliphatic carbocycles. The van der Waals surface area contributed by atoms with Crippen LogP contribution in [0.4, 0.5) is 0 Å². The lowest BCUT2D eigenvalue weighted by molar-refractivity contribution is 0.206. The Morgan fingerprint density at radius 2 is 2.00 bits per heavy atom. The first kappa shape index (κ1) is 25.6. The zero-order valence-corrected chi connectivity index (χ0v) is 22.0. The molecule has 0 saturated carbocycles. The number of allylic oxidation sites excluding steroid dienone is 3. The van der Waals surface area contributed by atoms with Gasteiger partial charge in [-0.1, -0.05) is 31.1 Å². The van der Waals surface area contributed by atoms with Gasteiger partial charge >= 0.3 is 0 Å². The molecule has 0 amide bonds. The Kier molecular flexibility index (Phi) is 8.76. The number of aryl methyl sites for hydroxylation is 1. The Morgan fingerprint density at radius 1 is 1.14 bits per heavy atom. The fourth-order valence-corrected chi connectivity index (χ4v) is 5.36. The zero-order valence-electron chi connectivity index (χ0n) is 22.0. The first-order valence-corrected chi connectivity index (χ1v) is 13.1. The maximum atomic E-state index is 10.5. The maximum absolute atomic E-state index is 10.5. The van der Waals surface area contributed by atoms with Crippen LogP contribution >= 0.6 is 0 Å². The Morgan fingerprint density at radius 3 is 2.77 bits per heavy atom. The minimum Gasteiger partial charge on any atom is -0.390 e. The number of pyridine rings is 1. The van der Waals surface area contributed by atoms with Crippen molar-refractivity contribution in [1.82, 2.24) is 29.2 Å². The van der Waals surface area contributed by atoms with Gasteiger partial charge in [0.2, 0.25) is 0 Å². The first-order valence-electron chi connectivity index (χ1n) is 13.1. The molecule has 2 aromatic rings. The van der Waals surface area contributed by atoms with Gasteiger partial charge < -0.3 is 14.9 Å². The highest BCUT2D eigenvalue weighted by molar-refractivity contribution is 5.52. The third-order valence-corrected chi connectivity index (χ3v) is 7.31. The summed E-state index contributed by atoms with van der Waals surface area (Å²) >= 11 is 0. The minimum absolute atomic E-state index is 0.0295. The quantitative estimate of drug-likeness (QED) is 0.591. The van der Waals surface area contributed by atoms with Gasteiger partial charge in [-0.05, 0) is 65.0 Å². The second kappa shape index (κ2) is 12.0. The summed E-state index contributed by atoms with van der Waals surface area (Å²) in [5, 5.41) is 10.5. The Bertz CT molecular complexity index is 1040. The molecule has 0 fully saturated rings. The molecular formula is C28H42N6O. The van der Waals surface area contributed by atoms with Crippen LogP contribution in [0, 0.1) is 0 Å². The van der Waals surface area contributed by atoms with Crippen LogP contribution in [0.5, 0.6) is 0 Å². The van der Waals surface area contributed by atoms with Crippen LogP contribution in [0.25, 0.3) is 5.82 Å². The lowest BCUT2D eigenvalue weighted by Gasteiger charge is -2.31. The third-order valence-electron chi connectivity index (χ3n) is 7.31. The molecule has 2 aromatic heterocycles. The molecule has 0 radical (unpaired) electrons. The molecule has 0 bridgehead atoms. The fourth-order valence-electron chi connectivity index (χ4n) is 5.36. The number of hydrogen-bond acceptors (Lipinski definition) is 6. The van der Waals surface area contributed by atoms with E-state index < -0.39 is 0 Å². The van der Waals surface area contributed by atoms with Crippen molar-refractivity contribution in [2.45, 2.75) is 64.6 Å². The molecule has 3 heterocycles. The molecule has 1 atom stereocenters. The molecule has 2 aliphatic rings. The number of imidazole rings is 1. The van der Waals surface area contributed by atoms with E-state index in [-0.39, 0.29) is 12.6 Å². The monoisotopic (exact) mass is 478 g/mol. The van der Waals surface area contributed by atoms with Gasteiger partial charge in [0.15, 0.2) is 0 Å². The van der Waals surface area contributed by atoms with Gasteiger partial charge in [0.25, 0.3) is 0 Å². The van der Waals surface area contributed by atoms with Gasteiger partial charge in [-0.3, -0.25) is 14.5 Å². The molecule has 0 aromatic carbocycles. The van der Waals surface area contributed by atoms with E-state index in [4.69, 9.17) is 9.97 Å². The van der Waals surface area contributed by atoms with E-state index in [0.717, 1.165) is 61.9 Å². The van der Waals surface area contributed by atoms with Gasteiger partial charge in [-0.2, -0.15) is 0 Å². The topological polar surface area (TPSA) is 60.7 Å². The highest BCUT2D eigenvalue weighted by atomic mass is 16.3. The lowest BCUT2D eigenvalue weighted by Crippen LogP contribution is -2.33. The second-order valence-electron chi connectivity index (χ2n) is 10.0. The van der Waals surface area contributed by atoms with Crippen molar-refractivity contribution in [3.05, 3.63) is 65.0 Å². The second-order valence-corrected chi connectivity index (χ2v) is 10.0. The standard InChI is InChI=1S/C28H42N6O/c1-5-33(19-18-31(2)3)27-16-10-9-15-26-30-23(25(21-35)34(26)27)20-32(4)24-14-8-6-7-12-22-13-11-17-29-28(22)24/h9-11,13,16-17,24,35H,5-8,12,14-15,18-21H2,1-4H3. The lowest BCUT2D eigenvalue weighted by atomic mass is 9.93. The minimum atomic E-state index is -0.0295. The smallest absolute Gasteiger partial charge is 0.118 e. The summed E-state index contributed by atoms with van der Waals surface area (Å²) in [4.78, 5) is 16.9. The van der Waals surface area contributed by atoms with E-state index >= 15 is 0 Å². The highest BCUT2D eigenvalue weighted by Gasteiger charge is 2.27. The number of nitrogens with zero attached hydrogens (tertiary/aromatic N) is 6. The van der Waals surface area contributed by atoms with Crippen molar-refractivity contribution < 1.29 is 5.11 Å². The number of hydrogen-bond donors (Lipinski definition) is 1.